The van der Waals surface area contributed by atoms with Gasteiger partial charge in [-0.05, 0) is 30.2 Å². The Morgan fingerprint density at radius 3 is 2.67 bits per heavy atom. The van der Waals surface area contributed by atoms with Crippen LogP contribution in [0.2, 0.25) is 0 Å². The summed E-state index contributed by atoms with van der Waals surface area (Å²) in [4.78, 5) is 29.3. The van der Waals surface area contributed by atoms with Crippen LogP contribution >= 0.6 is 0 Å². The van der Waals surface area contributed by atoms with Crippen LogP contribution in [0.5, 0.6) is 11.5 Å². The Labute approximate surface area is 189 Å². The molecule has 0 radical (unpaired) electrons. The van der Waals surface area contributed by atoms with Crippen molar-refractivity contribution >= 4 is 35.1 Å². The van der Waals surface area contributed by atoms with Crippen LogP contribution in [-0.2, 0) is 11.2 Å². The van der Waals surface area contributed by atoms with Gasteiger partial charge in [-0.25, -0.2) is 15.0 Å². The first-order valence-electron chi connectivity index (χ1n) is 10.3. The van der Waals surface area contributed by atoms with Crippen LogP contribution in [-0.4, -0.2) is 39.1 Å². The van der Waals surface area contributed by atoms with Gasteiger partial charge in [0, 0.05) is 5.41 Å². The third kappa shape index (κ3) is 3.94. The van der Waals surface area contributed by atoms with E-state index in [1.807, 2.05) is 19.9 Å². The minimum absolute atomic E-state index is 0.0703. The van der Waals surface area contributed by atoms with E-state index in [4.69, 9.17) is 9.47 Å². The van der Waals surface area contributed by atoms with Crippen LogP contribution < -0.4 is 25.4 Å². The monoisotopic (exact) mass is 444 g/mol. The number of hydrogen-bond acceptors (Lipinski definition) is 10. The van der Waals surface area contributed by atoms with Gasteiger partial charge in [-0.3, -0.25) is 4.79 Å². The van der Waals surface area contributed by atoms with E-state index in [0.29, 0.717) is 54.0 Å². The topological polar surface area (TPSA) is 147 Å². The number of aromatic nitrogens is 4. The Kier molecular flexibility index (Phi) is 4.90. The van der Waals surface area contributed by atoms with Crippen molar-refractivity contribution in [2.45, 2.75) is 20.3 Å². The van der Waals surface area contributed by atoms with Gasteiger partial charge in [-0.1, -0.05) is 19.9 Å². The van der Waals surface area contributed by atoms with Gasteiger partial charge >= 0.3 is 0 Å². The molecule has 0 aliphatic carbocycles. The molecule has 2 aliphatic rings. The fourth-order valence-corrected chi connectivity index (χ4v) is 3.62. The van der Waals surface area contributed by atoms with E-state index >= 15 is 0 Å². The number of ether oxygens (including phenoxy) is 2. The van der Waals surface area contributed by atoms with E-state index < -0.39 is 5.41 Å². The minimum atomic E-state index is -0.478. The molecule has 2 aromatic heterocycles. The molecule has 1 aromatic carbocycles. The number of nitriles is 1. The summed E-state index contributed by atoms with van der Waals surface area (Å²) in [7, 11) is 0. The summed E-state index contributed by atoms with van der Waals surface area (Å²) in [6, 6.07) is 9.29. The first kappa shape index (κ1) is 20.4. The van der Waals surface area contributed by atoms with Crippen molar-refractivity contribution < 1.29 is 14.3 Å². The second-order valence-electron chi connectivity index (χ2n) is 8.23. The van der Waals surface area contributed by atoms with Crippen LogP contribution in [0.25, 0.3) is 0 Å². The van der Waals surface area contributed by atoms with E-state index in [-0.39, 0.29) is 17.8 Å². The molecule has 2 aliphatic heterocycles. The van der Waals surface area contributed by atoms with Crippen molar-refractivity contribution in [2.75, 3.05) is 29.2 Å². The molecule has 3 aromatic rings. The Balaban J connectivity index is 1.37. The number of nitrogens with one attached hydrogen (secondary N) is 3. The number of benzene rings is 1. The number of nitrogens with zero attached hydrogens (tertiary/aromatic N) is 5. The molecular weight excluding hydrogens is 424 g/mol. The molecule has 4 heterocycles. The highest BCUT2D eigenvalue weighted by molar-refractivity contribution is 5.97. The third-order valence-corrected chi connectivity index (χ3v) is 5.34. The number of fused-ring (bicyclic) bond motifs is 2. The van der Waals surface area contributed by atoms with E-state index in [9.17, 15) is 10.1 Å². The van der Waals surface area contributed by atoms with Crippen LogP contribution in [0, 0.1) is 16.7 Å². The average Bonchev–Trinajstić information content (AvgIpc) is 2.80. The highest BCUT2D eigenvalue weighted by Gasteiger charge is 2.34. The fraction of sp³-hybridized carbons (Fsp3) is 0.273. The molecule has 3 N–H and O–H groups in total. The molecule has 0 fully saturated rings. The first-order valence-corrected chi connectivity index (χ1v) is 10.3. The second-order valence-corrected chi connectivity index (χ2v) is 8.23. The maximum Gasteiger partial charge on any atom is 0.233 e. The average molecular weight is 444 g/mol. The first-order chi connectivity index (χ1) is 15.9. The largest absolute Gasteiger partial charge is 0.486 e. The third-order valence-electron chi connectivity index (χ3n) is 5.34. The minimum Gasteiger partial charge on any atom is -0.486 e. The Morgan fingerprint density at radius 2 is 1.85 bits per heavy atom. The number of anilines is 5. The van der Waals surface area contributed by atoms with Crippen LogP contribution in [0.4, 0.5) is 29.2 Å². The van der Waals surface area contributed by atoms with Crippen molar-refractivity contribution in [3.05, 3.63) is 41.7 Å². The van der Waals surface area contributed by atoms with E-state index in [0.717, 1.165) is 5.56 Å². The number of amides is 1. The number of pyridine rings is 1. The smallest absolute Gasteiger partial charge is 0.233 e. The molecular formula is C22H20N8O3. The molecule has 33 heavy (non-hydrogen) atoms. The van der Waals surface area contributed by atoms with Crippen molar-refractivity contribution in [2.24, 2.45) is 5.41 Å². The van der Waals surface area contributed by atoms with Gasteiger partial charge in [0.05, 0.1) is 5.69 Å². The molecule has 0 bridgehead atoms. The lowest BCUT2D eigenvalue weighted by molar-refractivity contribution is -0.124. The summed E-state index contributed by atoms with van der Waals surface area (Å²) in [6.45, 7) is 4.61. The number of rotatable bonds is 4. The predicted octanol–water partition coefficient (Wildman–Crippen LogP) is 2.92. The molecule has 11 heteroatoms. The normalized spacial score (nSPS) is 15.6. The Hall–Kier alpha value is -4.46. The molecule has 166 valence electrons. The van der Waals surface area contributed by atoms with Crippen LogP contribution in [0.1, 0.15) is 25.0 Å². The van der Waals surface area contributed by atoms with Gasteiger partial charge < -0.3 is 25.4 Å². The van der Waals surface area contributed by atoms with Crippen molar-refractivity contribution in [3.63, 3.8) is 0 Å². The maximum atomic E-state index is 12.3. The molecule has 11 nitrogen and oxygen atoms in total. The van der Waals surface area contributed by atoms with Gasteiger partial charge in [0.15, 0.2) is 11.5 Å². The Morgan fingerprint density at radius 1 is 1.06 bits per heavy atom. The Bertz CT molecular complexity index is 1300. The van der Waals surface area contributed by atoms with Crippen molar-refractivity contribution in [3.8, 4) is 17.6 Å². The summed E-state index contributed by atoms with van der Waals surface area (Å²) in [5.41, 5.74) is 1.27. The second kappa shape index (κ2) is 7.90. The molecule has 1 amide bonds. The highest BCUT2D eigenvalue weighted by Crippen LogP contribution is 2.38. The van der Waals surface area contributed by atoms with Crippen molar-refractivity contribution in [1.29, 1.82) is 5.26 Å². The molecule has 0 spiro atoms. The molecule has 0 atom stereocenters. The molecule has 5 rings (SSSR count). The summed E-state index contributed by atoms with van der Waals surface area (Å²) in [5, 5.41) is 18.5. The van der Waals surface area contributed by atoms with Gasteiger partial charge in [-0.2, -0.15) is 10.2 Å². The summed E-state index contributed by atoms with van der Waals surface area (Å²) in [5.74, 6) is 2.32. The lowest BCUT2D eigenvalue weighted by Gasteiger charge is -2.29. The fourth-order valence-electron chi connectivity index (χ4n) is 3.62. The quantitative estimate of drug-likeness (QED) is 0.549. The standard InChI is InChI=1S/C22H20N8O3/c1-22(2)9-12-3-6-16(27-18(12)29-19(22)31)28-21-25-11-24-20(30-21)26-14-4-5-15-17(13(14)10-23)33-8-7-32-15/h3-6,11H,7-9H2,1-2H3,(H3,24,25,26,27,28,29,30,31). The zero-order valence-corrected chi connectivity index (χ0v) is 18.0. The van der Waals surface area contributed by atoms with E-state index in [1.165, 1.54) is 6.33 Å². The molecule has 0 saturated carbocycles. The van der Waals surface area contributed by atoms with Gasteiger partial charge in [0.2, 0.25) is 17.8 Å². The van der Waals surface area contributed by atoms with Crippen molar-refractivity contribution in [1.82, 2.24) is 19.9 Å². The zero-order valence-electron chi connectivity index (χ0n) is 18.0. The summed E-state index contributed by atoms with van der Waals surface area (Å²) < 4.78 is 11.1. The van der Waals surface area contributed by atoms with Gasteiger partial charge in [0.1, 0.15) is 42.8 Å². The summed E-state index contributed by atoms with van der Waals surface area (Å²) >= 11 is 0. The van der Waals surface area contributed by atoms with E-state index in [2.05, 4.69) is 42.0 Å². The maximum absolute atomic E-state index is 12.3. The number of hydrogen-bond donors (Lipinski definition) is 3. The van der Waals surface area contributed by atoms with Gasteiger partial charge in [0.25, 0.3) is 0 Å². The molecule has 0 saturated heterocycles. The van der Waals surface area contributed by atoms with Crippen LogP contribution in [0.3, 0.4) is 0 Å². The van der Waals surface area contributed by atoms with Gasteiger partial charge in [-0.15, -0.1) is 0 Å². The number of carbonyl (C=O) groups is 1. The zero-order chi connectivity index (χ0) is 23.0. The predicted molar refractivity (Wildman–Crippen MR) is 119 cm³/mol. The lowest BCUT2D eigenvalue weighted by Crippen LogP contribution is -2.37. The number of carbonyl (C=O) groups excluding carboxylic acids is 1. The lowest BCUT2D eigenvalue weighted by atomic mass is 9.82. The highest BCUT2D eigenvalue weighted by atomic mass is 16.6. The summed E-state index contributed by atoms with van der Waals surface area (Å²) in [6.07, 6.45) is 1.95. The van der Waals surface area contributed by atoms with E-state index in [1.54, 1.807) is 18.2 Å². The SMILES string of the molecule is CC1(C)Cc2ccc(Nc3ncnc(Nc4ccc5c(c4C#N)OCCO5)n3)nc2NC1=O. The molecule has 0 unspecified atom stereocenters. The van der Waals surface area contributed by atoms with Crippen LogP contribution in [0.15, 0.2) is 30.6 Å².